The van der Waals surface area contributed by atoms with E-state index >= 15 is 0 Å². The van der Waals surface area contributed by atoms with Gasteiger partial charge in [-0.15, -0.1) is 0 Å². The Morgan fingerprint density at radius 1 is 1.17 bits per heavy atom. The molecule has 152 valence electrons. The van der Waals surface area contributed by atoms with Gasteiger partial charge in [0.05, 0.1) is 17.0 Å². The van der Waals surface area contributed by atoms with Crippen molar-refractivity contribution in [2.24, 2.45) is 0 Å². The topological polar surface area (TPSA) is 78.0 Å². The SMILES string of the molecule is CC[C@@H](Sc1nc(Cc2ccc(O)cc2)c(C)[nH]1)C(=O)N[C@@H](C)c1ccccc1. The van der Waals surface area contributed by atoms with Crippen LogP contribution in [0.25, 0.3) is 0 Å². The minimum Gasteiger partial charge on any atom is -0.508 e. The highest BCUT2D eigenvalue weighted by Crippen LogP contribution is 2.26. The number of amides is 1. The predicted molar refractivity (Wildman–Crippen MR) is 117 cm³/mol. The maximum atomic E-state index is 12.8. The fourth-order valence-corrected chi connectivity index (χ4v) is 4.08. The van der Waals surface area contributed by atoms with E-state index in [1.807, 2.05) is 63.2 Å². The molecular formula is C23H27N3O2S. The van der Waals surface area contributed by atoms with Crippen LogP contribution < -0.4 is 5.32 Å². The summed E-state index contributed by atoms with van der Waals surface area (Å²) in [5.41, 5.74) is 4.11. The lowest BCUT2D eigenvalue weighted by atomic mass is 10.1. The number of phenolic OH excluding ortho intramolecular Hbond substituents is 1. The van der Waals surface area contributed by atoms with E-state index in [0.29, 0.717) is 12.8 Å². The smallest absolute Gasteiger partial charge is 0.234 e. The molecule has 0 spiro atoms. The van der Waals surface area contributed by atoms with Gasteiger partial charge in [0.1, 0.15) is 5.75 Å². The number of aromatic hydroxyl groups is 1. The molecule has 3 N–H and O–H groups in total. The first-order chi connectivity index (χ1) is 14.0. The quantitative estimate of drug-likeness (QED) is 0.469. The van der Waals surface area contributed by atoms with Gasteiger partial charge in [0.15, 0.2) is 5.16 Å². The summed E-state index contributed by atoms with van der Waals surface area (Å²) in [5, 5.41) is 13.1. The summed E-state index contributed by atoms with van der Waals surface area (Å²) in [6.45, 7) is 6.00. The van der Waals surface area contributed by atoms with Gasteiger partial charge in [-0.2, -0.15) is 0 Å². The molecule has 0 bridgehead atoms. The number of hydrogen-bond acceptors (Lipinski definition) is 4. The molecule has 5 nitrogen and oxygen atoms in total. The van der Waals surface area contributed by atoms with E-state index in [1.165, 1.54) is 11.8 Å². The second kappa shape index (κ2) is 9.65. The van der Waals surface area contributed by atoms with E-state index in [9.17, 15) is 9.90 Å². The number of carbonyl (C=O) groups is 1. The zero-order valence-electron chi connectivity index (χ0n) is 17.0. The highest BCUT2D eigenvalue weighted by atomic mass is 32.2. The molecule has 2 atom stereocenters. The summed E-state index contributed by atoms with van der Waals surface area (Å²) in [4.78, 5) is 20.8. The molecule has 1 amide bonds. The van der Waals surface area contributed by atoms with Crippen LogP contribution in [-0.4, -0.2) is 26.2 Å². The van der Waals surface area contributed by atoms with Crippen molar-refractivity contribution in [3.8, 4) is 5.75 Å². The van der Waals surface area contributed by atoms with Crippen LogP contribution in [0.3, 0.4) is 0 Å². The van der Waals surface area contributed by atoms with Crippen LogP contribution in [0.4, 0.5) is 0 Å². The average molecular weight is 410 g/mol. The Bertz CT molecular complexity index is 939. The summed E-state index contributed by atoms with van der Waals surface area (Å²) in [7, 11) is 0. The number of phenols is 1. The number of nitrogens with zero attached hydrogens (tertiary/aromatic N) is 1. The van der Waals surface area contributed by atoms with Gasteiger partial charge in [-0.05, 0) is 43.5 Å². The molecule has 29 heavy (non-hydrogen) atoms. The number of aromatic nitrogens is 2. The van der Waals surface area contributed by atoms with Gasteiger partial charge in [-0.1, -0.05) is 61.2 Å². The van der Waals surface area contributed by atoms with Crippen molar-refractivity contribution in [2.45, 2.75) is 50.1 Å². The fraction of sp³-hybridized carbons (Fsp3) is 0.304. The molecule has 6 heteroatoms. The number of benzene rings is 2. The van der Waals surface area contributed by atoms with Gasteiger partial charge >= 0.3 is 0 Å². The van der Waals surface area contributed by atoms with E-state index in [4.69, 9.17) is 4.98 Å². The molecule has 0 radical (unpaired) electrons. The third-order valence-electron chi connectivity index (χ3n) is 4.85. The number of nitrogens with one attached hydrogen (secondary N) is 2. The molecule has 0 saturated heterocycles. The molecule has 0 unspecified atom stereocenters. The number of thioether (sulfide) groups is 1. The molecule has 1 aromatic heterocycles. The summed E-state index contributed by atoms with van der Waals surface area (Å²) in [5.74, 6) is 0.272. The second-order valence-corrected chi connectivity index (χ2v) is 8.30. The number of hydrogen-bond donors (Lipinski definition) is 3. The number of imidazole rings is 1. The van der Waals surface area contributed by atoms with Crippen LogP contribution in [-0.2, 0) is 11.2 Å². The van der Waals surface area contributed by atoms with Gasteiger partial charge in [0, 0.05) is 12.1 Å². The first-order valence-corrected chi connectivity index (χ1v) is 10.7. The lowest BCUT2D eigenvalue weighted by Gasteiger charge is -2.18. The minimum absolute atomic E-state index is 0.0167. The molecule has 0 saturated carbocycles. The van der Waals surface area contributed by atoms with Crippen LogP contribution in [0.1, 0.15) is 48.8 Å². The second-order valence-electron chi connectivity index (χ2n) is 7.11. The monoisotopic (exact) mass is 409 g/mol. The van der Waals surface area contributed by atoms with Crippen molar-refractivity contribution in [2.75, 3.05) is 0 Å². The predicted octanol–water partition coefficient (Wildman–Crippen LogP) is 4.76. The molecular weight excluding hydrogens is 382 g/mol. The molecule has 1 heterocycles. The van der Waals surface area contributed by atoms with Gasteiger partial charge in [-0.3, -0.25) is 4.79 Å². The minimum atomic E-state index is -0.215. The Morgan fingerprint density at radius 3 is 2.52 bits per heavy atom. The van der Waals surface area contributed by atoms with E-state index in [2.05, 4.69) is 10.3 Å². The number of aryl methyl sites for hydroxylation is 1. The highest BCUT2D eigenvalue weighted by Gasteiger charge is 2.22. The summed E-state index contributed by atoms with van der Waals surface area (Å²) < 4.78 is 0. The molecule has 3 rings (SSSR count). The Kier molecular flexibility index (Phi) is 6.99. The van der Waals surface area contributed by atoms with E-state index in [1.54, 1.807) is 12.1 Å². The van der Waals surface area contributed by atoms with Crippen LogP contribution in [0, 0.1) is 6.92 Å². The van der Waals surface area contributed by atoms with Gasteiger partial charge in [0.2, 0.25) is 5.91 Å². The average Bonchev–Trinajstić information content (AvgIpc) is 3.07. The summed E-state index contributed by atoms with van der Waals surface area (Å²) >= 11 is 1.46. The van der Waals surface area contributed by atoms with Crippen molar-refractivity contribution in [1.82, 2.24) is 15.3 Å². The molecule has 2 aromatic carbocycles. The van der Waals surface area contributed by atoms with Crippen molar-refractivity contribution < 1.29 is 9.90 Å². The van der Waals surface area contributed by atoms with Crippen LogP contribution in [0.5, 0.6) is 5.75 Å². The Hall–Kier alpha value is -2.73. The van der Waals surface area contributed by atoms with E-state index in [0.717, 1.165) is 27.7 Å². The number of aromatic amines is 1. The van der Waals surface area contributed by atoms with E-state index < -0.39 is 0 Å². The zero-order valence-corrected chi connectivity index (χ0v) is 17.8. The lowest BCUT2D eigenvalue weighted by Crippen LogP contribution is -2.34. The number of rotatable bonds is 8. The van der Waals surface area contributed by atoms with Crippen LogP contribution in [0.15, 0.2) is 59.8 Å². The molecule has 0 aliphatic carbocycles. The van der Waals surface area contributed by atoms with Crippen LogP contribution in [0.2, 0.25) is 0 Å². The first-order valence-electron chi connectivity index (χ1n) is 9.81. The molecule has 0 fully saturated rings. The van der Waals surface area contributed by atoms with Gasteiger partial charge in [0.25, 0.3) is 0 Å². The normalized spacial score (nSPS) is 13.1. The first kappa shape index (κ1) is 21.0. The lowest BCUT2D eigenvalue weighted by molar-refractivity contribution is -0.121. The van der Waals surface area contributed by atoms with Gasteiger partial charge < -0.3 is 15.4 Å². The number of carbonyl (C=O) groups excluding carboxylic acids is 1. The van der Waals surface area contributed by atoms with Crippen molar-refractivity contribution >= 4 is 17.7 Å². The molecule has 0 aliphatic heterocycles. The maximum absolute atomic E-state index is 12.8. The fourth-order valence-electron chi connectivity index (χ4n) is 3.09. The molecule has 0 aliphatic rings. The van der Waals surface area contributed by atoms with Crippen molar-refractivity contribution in [1.29, 1.82) is 0 Å². The Balaban J connectivity index is 1.64. The van der Waals surface area contributed by atoms with Crippen molar-refractivity contribution in [3.05, 3.63) is 77.1 Å². The molecule has 3 aromatic rings. The largest absolute Gasteiger partial charge is 0.508 e. The third kappa shape index (κ3) is 5.64. The summed E-state index contributed by atoms with van der Waals surface area (Å²) in [6, 6.07) is 17.1. The van der Waals surface area contributed by atoms with Crippen molar-refractivity contribution in [3.63, 3.8) is 0 Å². The van der Waals surface area contributed by atoms with Gasteiger partial charge in [-0.25, -0.2) is 4.98 Å². The highest BCUT2D eigenvalue weighted by molar-refractivity contribution is 8.00. The number of H-pyrrole nitrogens is 1. The Labute approximate surface area is 176 Å². The van der Waals surface area contributed by atoms with E-state index in [-0.39, 0.29) is 22.9 Å². The Morgan fingerprint density at radius 2 is 1.86 bits per heavy atom. The third-order valence-corrected chi connectivity index (χ3v) is 6.10. The summed E-state index contributed by atoms with van der Waals surface area (Å²) in [6.07, 6.45) is 1.39. The zero-order chi connectivity index (χ0) is 20.8. The maximum Gasteiger partial charge on any atom is 0.234 e. The van der Waals surface area contributed by atoms with Crippen LogP contribution >= 0.6 is 11.8 Å². The standard InChI is InChI=1S/C23H27N3O2S/c1-4-21(22(28)24-15(2)18-8-6-5-7-9-18)29-23-25-16(3)20(26-23)14-17-10-12-19(27)13-11-17/h5-13,15,21,27H,4,14H2,1-3H3,(H,24,28)(H,25,26)/t15-,21+/m0/s1.